The summed E-state index contributed by atoms with van der Waals surface area (Å²) in [6.07, 6.45) is 0. The number of nitrogens with zero attached hydrogens (tertiary/aromatic N) is 1. The first-order valence-electron chi connectivity index (χ1n) is 20.5. The zero-order valence-corrected chi connectivity index (χ0v) is 33.7. The molecule has 0 atom stereocenters. The normalized spacial score (nSPS) is 13.1. The van der Waals surface area contributed by atoms with Gasteiger partial charge in [0.25, 0.3) is 0 Å². The standard InChI is InChI=1S/C57H39NS/c1-57(2)50-34-40-16-4-3-15-39(40)33-49(50)48-22-12-23-52(56(48)57)58(42-29-25-36(26-30-42)41-27-31-46-45-20-9-10-24-53(45)59-54(46)35-41)51-32-28-38-14-6-8-19-44(38)55(51)47-21-11-17-37-13-5-7-18-43(37)47/h3-35H,1-2H3. The van der Waals surface area contributed by atoms with Crippen LogP contribution < -0.4 is 4.90 Å². The number of fused-ring (bicyclic) bond motifs is 9. The number of rotatable bonds is 5. The van der Waals surface area contributed by atoms with Crippen molar-refractivity contribution in [2.24, 2.45) is 0 Å². The number of hydrogen-bond donors (Lipinski definition) is 0. The van der Waals surface area contributed by atoms with Gasteiger partial charge in [-0.05, 0) is 120 Å². The molecule has 12 rings (SSSR count). The SMILES string of the molecule is CC1(C)c2cc3ccccc3cc2-c2cccc(N(c3ccc(-c4ccc5c(c4)sc4ccccc45)cc3)c3ccc4ccccc4c3-c3cccc4ccccc34)c21. The van der Waals surface area contributed by atoms with Gasteiger partial charge in [-0.15, -0.1) is 11.3 Å². The lowest BCUT2D eigenvalue weighted by Gasteiger charge is -2.34. The van der Waals surface area contributed by atoms with Crippen molar-refractivity contribution in [3.63, 3.8) is 0 Å². The first-order chi connectivity index (χ1) is 29.0. The Morgan fingerprint density at radius 2 is 1.00 bits per heavy atom. The molecule has 0 fully saturated rings. The minimum Gasteiger partial charge on any atom is -0.310 e. The summed E-state index contributed by atoms with van der Waals surface area (Å²) in [7, 11) is 0. The summed E-state index contributed by atoms with van der Waals surface area (Å²) in [5, 5.41) is 10.2. The van der Waals surface area contributed by atoms with Crippen molar-refractivity contribution < 1.29 is 0 Å². The third kappa shape index (κ3) is 5.23. The molecule has 1 aliphatic carbocycles. The topological polar surface area (TPSA) is 3.24 Å². The maximum absolute atomic E-state index is 2.55. The predicted molar refractivity (Wildman–Crippen MR) is 255 cm³/mol. The lowest BCUT2D eigenvalue weighted by Crippen LogP contribution is -2.21. The van der Waals surface area contributed by atoms with Gasteiger partial charge >= 0.3 is 0 Å². The summed E-state index contributed by atoms with van der Waals surface area (Å²) in [4.78, 5) is 2.55. The molecule has 0 bridgehead atoms. The summed E-state index contributed by atoms with van der Waals surface area (Å²) in [5.41, 5.74) is 13.5. The zero-order chi connectivity index (χ0) is 39.2. The first kappa shape index (κ1) is 34.1. The number of thiophene rings is 1. The van der Waals surface area contributed by atoms with Crippen molar-refractivity contribution >= 4 is 80.9 Å². The molecule has 0 spiro atoms. The van der Waals surface area contributed by atoms with Gasteiger partial charge in [0.1, 0.15) is 0 Å². The van der Waals surface area contributed by atoms with Crippen LogP contribution in [0.1, 0.15) is 25.0 Å². The molecule has 0 aliphatic heterocycles. The van der Waals surface area contributed by atoms with Crippen LogP contribution >= 0.6 is 11.3 Å². The van der Waals surface area contributed by atoms with E-state index in [4.69, 9.17) is 0 Å². The Kier molecular flexibility index (Phi) is 7.51. The molecule has 0 saturated heterocycles. The monoisotopic (exact) mass is 769 g/mol. The fraction of sp³-hybridized carbons (Fsp3) is 0.0526. The average Bonchev–Trinajstić information content (AvgIpc) is 3.77. The first-order valence-corrected chi connectivity index (χ1v) is 21.3. The minimum absolute atomic E-state index is 0.250. The highest BCUT2D eigenvalue weighted by Gasteiger charge is 2.39. The van der Waals surface area contributed by atoms with Gasteiger partial charge in [0.05, 0.1) is 11.4 Å². The summed E-state index contributed by atoms with van der Waals surface area (Å²) < 4.78 is 2.65. The van der Waals surface area contributed by atoms with Gasteiger partial charge in [-0.25, -0.2) is 0 Å². The molecule has 0 saturated carbocycles. The zero-order valence-electron chi connectivity index (χ0n) is 32.9. The Hall–Kier alpha value is -7.00. The Balaban J connectivity index is 1.11. The highest BCUT2D eigenvalue weighted by atomic mass is 32.1. The van der Waals surface area contributed by atoms with Crippen LogP contribution in [0.15, 0.2) is 200 Å². The van der Waals surface area contributed by atoms with E-state index in [0.717, 1.165) is 11.4 Å². The van der Waals surface area contributed by atoms with Gasteiger partial charge in [0, 0.05) is 36.8 Å². The van der Waals surface area contributed by atoms with Crippen LogP contribution in [0.25, 0.3) is 85.9 Å². The van der Waals surface area contributed by atoms with E-state index in [0.29, 0.717) is 0 Å². The van der Waals surface area contributed by atoms with Gasteiger partial charge in [0.2, 0.25) is 0 Å². The Bertz CT molecular complexity index is 3470. The van der Waals surface area contributed by atoms with Gasteiger partial charge in [0.15, 0.2) is 0 Å². The summed E-state index contributed by atoms with van der Waals surface area (Å²) in [6.45, 7) is 4.82. The molecule has 0 unspecified atom stereocenters. The van der Waals surface area contributed by atoms with E-state index in [-0.39, 0.29) is 5.41 Å². The molecular formula is C57H39NS. The van der Waals surface area contributed by atoms with Crippen LogP contribution in [0.4, 0.5) is 17.1 Å². The largest absolute Gasteiger partial charge is 0.310 e. The number of hydrogen-bond acceptors (Lipinski definition) is 2. The Morgan fingerprint density at radius 3 is 1.81 bits per heavy atom. The van der Waals surface area contributed by atoms with Crippen LogP contribution in [0, 0.1) is 0 Å². The van der Waals surface area contributed by atoms with Crippen LogP contribution in [-0.4, -0.2) is 0 Å². The fourth-order valence-corrected chi connectivity index (χ4v) is 11.2. The van der Waals surface area contributed by atoms with E-state index in [9.17, 15) is 0 Å². The quantitative estimate of drug-likeness (QED) is 0.169. The van der Waals surface area contributed by atoms with Crippen molar-refractivity contribution in [1.29, 1.82) is 0 Å². The molecule has 11 aromatic rings. The Morgan fingerprint density at radius 1 is 0.390 bits per heavy atom. The molecule has 1 heterocycles. The predicted octanol–water partition coefficient (Wildman–Crippen LogP) is 16.6. The summed E-state index contributed by atoms with van der Waals surface area (Å²) in [5.74, 6) is 0. The van der Waals surface area contributed by atoms with Crippen LogP contribution in [0.2, 0.25) is 0 Å². The van der Waals surface area contributed by atoms with E-state index in [1.54, 1.807) is 0 Å². The molecular weight excluding hydrogens is 731 g/mol. The minimum atomic E-state index is -0.250. The maximum atomic E-state index is 2.55. The molecule has 0 radical (unpaired) electrons. The van der Waals surface area contributed by atoms with Crippen molar-refractivity contribution in [2.45, 2.75) is 19.3 Å². The lowest BCUT2D eigenvalue weighted by atomic mass is 9.80. The highest BCUT2D eigenvalue weighted by molar-refractivity contribution is 7.25. The van der Waals surface area contributed by atoms with E-state index >= 15 is 0 Å². The van der Waals surface area contributed by atoms with Crippen molar-refractivity contribution in [3.8, 4) is 33.4 Å². The lowest BCUT2D eigenvalue weighted by molar-refractivity contribution is 0.661. The Labute approximate surface area is 348 Å². The van der Waals surface area contributed by atoms with Gasteiger partial charge in [-0.3, -0.25) is 0 Å². The molecule has 59 heavy (non-hydrogen) atoms. The molecule has 1 aromatic heterocycles. The second kappa shape index (κ2) is 13.0. The van der Waals surface area contributed by atoms with Gasteiger partial charge in [-0.2, -0.15) is 0 Å². The van der Waals surface area contributed by atoms with Crippen molar-refractivity contribution in [3.05, 3.63) is 211 Å². The van der Waals surface area contributed by atoms with E-state index < -0.39 is 0 Å². The smallest absolute Gasteiger partial charge is 0.0546 e. The fourth-order valence-electron chi connectivity index (χ4n) is 10.0. The van der Waals surface area contributed by atoms with E-state index in [2.05, 4.69) is 219 Å². The van der Waals surface area contributed by atoms with Crippen LogP contribution in [-0.2, 0) is 5.41 Å². The molecule has 1 aliphatic rings. The van der Waals surface area contributed by atoms with Crippen molar-refractivity contribution in [1.82, 2.24) is 0 Å². The van der Waals surface area contributed by atoms with Gasteiger partial charge < -0.3 is 4.90 Å². The molecule has 0 N–H and O–H groups in total. The summed E-state index contributed by atoms with van der Waals surface area (Å²) in [6, 6.07) is 74.6. The second-order valence-corrected chi connectivity index (χ2v) is 17.6. The third-order valence-electron chi connectivity index (χ3n) is 12.8. The number of anilines is 3. The maximum Gasteiger partial charge on any atom is 0.0546 e. The summed E-state index contributed by atoms with van der Waals surface area (Å²) >= 11 is 1.87. The highest BCUT2D eigenvalue weighted by Crippen LogP contribution is 2.56. The molecule has 1 nitrogen and oxygen atoms in total. The average molecular weight is 770 g/mol. The van der Waals surface area contributed by atoms with E-state index in [1.165, 1.54) is 103 Å². The second-order valence-electron chi connectivity index (χ2n) is 16.5. The molecule has 278 valence electrons. The van der Waals surface area contributed by atoms with Crippen LogP contribution in [0.5, 0.6) is 0 Å². The van der Waals surface area contributed by atoms with Crippen molar-refractivity contribution in [2.75, 3.05) is 4.90 Å². The number of benzene rings is 10. The third-order valence-corrected chi connectivity index (χ3v) is 13.9. The molecule has 10 aromatic carbocycles. The molecule has 2 heteroatoms. The molecule has 0 amide bonds. The van der Waals surface area contributed by atoms with Gasteiger partial charge in [-0.1, -0.05) is 166 Å². The van der Waals surface area contributed by atoms with Crippen LogP contribution in [0.3, 0.4) is 0 Å². The van der Waals surface area contributed by atoms with E-state index in [1.807, 2.05) is 11.3 Å².